The Morgan fingerprint density at radius 3 is 2.35 bits per heavy atom. The van der Waals surface area contributed by atoms with Crippen LogP contribution < -0.4 is 0 Å². The highest BCUT2D eigenvalue weighted by Crippen LogP contribution is 2.64. The molecule has 3 rings (SSSR count). The minimum atomic E-state index is 0.452. The van der Waals surface area contributed by atoms with E-state index in [1.54, 1.807) is 0 Å². The Bertz CT molecular complexity index is 334. The van der Waals surface area contributed by atoms with Crippen molar-refractivity contribution in [1.29, 1.82) is 0 Å². The lowest BCUT2D eigenvalue weighted by Gasteiger charge is -2.50. The summed E-state index contributed by atoms with van der Waals surface area (Å²) in [5, 5.41) is 0. The third-order valence-corrected chi connectivity index (χ3v) is 5.91. The molecule has 0 amide bonds. The van der Waals surface area contributed by atoms with Crippen molar-refractivity contribution >= 4 is 5.78 Å². The van der Waals surface area contributed by atoms with E-state index in [0.717, 1.165) is 31.8 Å². The van der Waals surface area contributed by atoms with Crippen molar-refractivity contribution in [1.82, 2.24) is 4.90 Å². The predicted molar refractivity (Wildman–Crippen MR) is 68.8 cm³/mol. The van der Waals surface area contributed by atoms with E-state index in [1.165, 1.54) is 19.3 Å². The molecule has 2 aliphatic carbocycles. The van der Waals surface area contributed by atoms with Crippen molar-refractivity contribution in [2.24, 2.45) is 16.7 Å². The fraction of sp³-hybridized carbons (Fsp3) is 0.933. The van der Waals surface area contributed by atoms with Gasteiger partial charge in [0.1, 0.15) is 5.78 Å². The highest BCUT2D eigenvalue weighted by atomic mass is 16.1. The van der Waals surface area contributed by atoms with Gasteiger partial charge in [-0.1, -0.05) is 20.8 Å². The van der Waals surface area contributed by atoms with E-state index in [9.17, 15) is 4.79 Å². The molecule has 3 atom stereocenters. The summed E-state index contributed by atoms with van der Waals surface area (Å²) in [6.45, 7) is 9.43. The number of hydrogen-bond acceptors (Lipinski definition) is 2. The molecular formula is C15H25NO. The van der Waals surface area contributed by atoms with Crippen LogP contribution in [-0.2, 0) is 4.79 Å². The Hall–Kier alpha value is -0.370. The predicted octanol–water partition coefficient (Wildman–Crippen LogP) is 2.87. The van der Waals surface area contributed by atoms with Crippen LogP contribution in [0.1, 0.15) is 52.9 Å². The molecule has 0 N–H and O–H groups in total. The molecule has 0 aromatic carbocycles. The number of fused-ring (bicyclic) bond motifs is 2. The van der Waals surface area contributed by atoms with Gasteiger partial charge in [-0.05, 0) is 36.0 Å². The molecule has 0 aromatic heterocycles. The summed E-state index contributed by atoms with van der Waals surface area (Å²) in [5.41, 5.74) is 0.974. The van der Waals surface area contributed by atoms with Gasteiger partial charge in [0.05, 0.1) is 0 Å². The normalized spacial score (nSPS) is 45.5. The average Bonchev–Trinajstić information content (AvgIpc) is 2.72. The van der Waals surface area contributed by atoms with E-state index in [2.05, 4.69) is 25.7 Å². The molecule has 17 heavy (non-hydrogen) atoms. The molecule has 2 saturated carbocycles. The van der Waals surface area contributed by atoms with Gasteiger partial charge in [0.25, 0.3) is 0 Å². The third kappa shape index (κ3) is 1.60. The van der Waals surface area contributed by atoms with E-state index < -0.39 is 0 Å². The lowest BCUT2D eigenvalue weighted by molar-refractivity contribution is -0.123. The van der Waals surface area contributed by atoms with Crippen molar-refractivity contribution in [3.8, 4) is 0 Å². The SMILES string of the molecule is CC12CCC(C1)C(C)(C)C2N1CCC(=O)CC1. The molecule has 0 spiro atoms. The van der Waals surface area contributed by atoms with Crippen LogP contribution in [0.4, 0.5) is 0 Å². The maximum absolute atomic E-state index is 11.4. The number of likely N-dealkylation sites (tertiary alicyclic amines) is 1. The van der Waals surface area contributed by atoms with E-state index >= 15 is 0 Å². The highest BCUT2D eigenvalue weighted by Gasteiger charge is 2.60. The van der Waals surface area contributed by atoms with Gasteiger partial charge in [-0.15, -0.1) is 0 Å². The van der Waals surface area contributed by atoms with E-state index in [0.29, 0.717) is 22.7 Å². The van der Waals surface area contributed by atoms with Crippen LogP contribution in [0.3, 0.4) is 0 Å². The summed E-state index contributed by atoms with van der Waals surface area (Å²) in [5.74, 6) is 1.38. The van der Waals surface area contributed by atoms with Crippen LogP contribution in [0.2, 0.25) is 0 Å². The molecule has 1 saturated heterocycles. The molecule has 3 fully saturated rings. The zero-order valence-corrected chi connectivity index (χ0v) is 11.5. The lowest BCUT2D eigenvalue weighted by Crippen LogP contribution is -2.54. The first kappa shape index (κ1) is 11.7. The molecule has 1 heterocycles. The van der Waals surface area contributed by atoms with Crippen molar-refractivity contribution < 1.29 is 4.79 Å². The van der Waals surface area contributed by atoms with Gasteiger partial charge in [-0.2, -0.15) is 0 Å². The third-order valence-electron chi connectivity index (χ3n) is 5.91. The summed E-state index contributed by atoms with van der Waals surface area (Å²) in [4.78, 5) is 14.0. The second kappa shape index (κ2) is 3.57. The van der Waals surface area contributed by atoms with Crippen molar-refractivity contribution in [3.63, 3.8) is 0 Å². The summed E-state index contributed by atoms with van der Waals surface area (Å²) in [6.07, 6.45) is 5.80. The van der Waals surface area contributed by atoms with Crippen LogP contribution in [0, 0.1) is 16.7 Å². The number of piperidine rings is 1. The van der Waals surface area contributed by atoms with E-state index in [-0.39, 0.29) is 0 Å². The number of rotatable bonds is 1. The zero-order chi connectivity index (χ0) is 12.3. The summed E-state index contributed by atoms with van der Waals surface area (Å²) >= 11 is 0. The number of ketones is 1. The largest absolute Gasteiger partial charge is 0.300 e. The quantitative estimate of drug-likeness (QED) is 0.696. The highest BCUT2D eigenvalue weighted by molar-refractivity contribution is 5.79. The molecule has 0 radical (unpaired) electrons. The van der Waals surface area contributed by atoms with E-state index in [1.807, 2.05) is 0 Å². The first-order chi connectivity index (χ1) is 7.93. The number of carbonyl (C=O) groups excluding carboxylic acids is 1. The number of Topliss-reactive ketones (excluding diaryl/α,β-unsaturated/α-hetero) is 1. The Balaban J connectivity index is 1.84. The van der Waals surface area contributed by atoms with Crippen molar-refractivity contribution in [2.75, 3.05) is 13.1 Å². The smallest absolute Gasteiger partial charge is 0.135 e. The minimum Gasteiger partial charge on any atom is -0.300 e. The Labute approximate surface area is 105 Å². The van der Waals surface area contributed by atoms with Gasteiger partial charge in [-0.25, -0.2) is 0 Å². The summed E-state index contributed by atoms with van der Waals surface area (Å²) < 4.78 is 0. The van der Waals surface area contributed by atoms with Gasteiger partial charge < -0.3 is 0 Å². The fourth-order valence-corrected chi connectivity index (χ4v) is 5.22. The Morgan fingerprint density at radius 1 is 1.18 bits per heavy atom. The van der Waals surface area contributed by atoms with Gasteiger partial charge in [0.15, 0.2) is 0 Å². The Morgan fingerprint density at radius 2 is 1.82 bits per heavy atom. The maximum atomic E-state index is 11.4. The maximum Gasteiger partial charge on any atom is 0.135 e. The van der Waals surface area contributed by atoms with Gasteiger partial charge >= 0.3 is 0 Å². The van der Waals surface area contributed by atoms with Crippen LogP contribution in [0.25, 0.3) is 0 Å². The van der Waals surface area contributed by atoms with E-state index in [4.69, 9.17) is 0 Å². The fourth-order valence-electron chi connectivity index (χ4n) is 5.22. The van der Waals surface area contributed by atoms with Gasteiger partial charge in [-0.3, -0.25) is 9.69 Å². The second-order valence-electron chi connectivity index (χ2n) is 7.39. The molecule has 0 aromatic rings. The van der Waals surface area contributed by atoms with Crippen molar-refractivity contribution in [3.05, 3.63) is 0 Å². The molecule has 2 bridgehead atoms. The molecular weight excluding hydrogens is 210 g/mol. The lowest BCUT2D eigenvalue weighted by atomic mass is 9.67. The molecule has 2 heteroatoms. The summed E-state index contributed by atoms with van der Waals surface area (Å²) in [7, 11) is 0. The number of hydrogen-bond donors (Lipinski definition) is 0. The van der Waals surface area contributed by atoms with Gasteiger partial charge in [0, 0.05) is 32.0 Å². The topological polar surface area (TPSA) is 20.3 Å². The van der Waals surface area contributed by atoms with Crippen LogP contribution in [0.5, 0.6) is 0 Å². The zero-order valence-electron chi connectivity index (χ0n) is 11.5. The standard InChI is InChI=1S/C15H25NO/c1-14(2)11-4-7-15(3,10-11)13(14)16-8-5-12(17)6-9-16/h11,13H,4-10H2,1-3H3. The Kier molecular flexibility index (Phi) is 2.46. The molecule has 1 aliphatic heterocycles. The van der Waals surface area contributed by atoms with Crippen LogP contribution in [-0.4, -0.2) is 29.8 Å². The number of carbonyl (C=O) groups is 1. The molecule has 3 aliphatic rings. The first-order valence-electron chi connectivity index (χ1n) is 7.19. The second-order valence-corrected chi connectivity index (χ2v) is 7.39. The minimum absolute atomic E-state index is 0.452. The first-order valence-corrected chi connectivity index (χ1v) is 7.19. The average molecular weight is 235 g/mol. The molecule has 3 unspecified atom stereocenters. The molecule has 96 valence electrons. The number of nitrogens with zero attached hydrogens (tertiary/aromatic N) is 1. The van der Waals surface area contributed by atoms with Crippen LogP contribution >= 0.6 is 0 Å². The van der Waals surface area contributed by atoms with Gasteiger partial charge in [0.2, 0.25) is 0 Å². The molecule has 2 nitrogen and oxygen atoms in total. The summed E-state index contributed by atoms with van der Waals surface area (Å²) in [6, 6.07) is 0.710. The monoisotopic (exact) mass is 235 g/mol. The van der Waals surface area contributed by atoms with Crippen LogP contribution in [0.15, 0.2) is 0 Å². The van der Waals surface area contributed by atoms with Crippen molar-refractivity contribution in [2.45, 2.75) is 58.9 Å².